The van der Waals surface area contributed by atoms with E-state index < -0.39 is 0 Å². The molecule has 1 saturated heterocycles. The van der Waals surface area contributed by atoms with Crippen molar-refractivity contribution in [3.63, 3.8) is 0 Å². The summed E-state index contributed by atoms with van der Waals surface area (Å²) in [4.78, 5) is 28.6. The topological polar surface area (TPSA) is 49.9 Å². The van der Waals surface area contributed by atoms with Crippen molar-refractivity contribution < 1.29 is 14.3 Å². The van der Waals surface area contributed by atoms with E-state index in [1.807, 2.05) is 35.2 Å². The Morgan fingerprint density at radius 1 is 1.17 bits per heavy atom. The maximum atomic E-state index is 12.7. The molecule has 132 valence electrons. The number of carbonyl (C=O) groups excluding carboxylic acids is 2. The number of carbonyl (C=O) groups is 2. The van der Waals surface area contributed by atoms with Crippen LogP contribution in [-0.2, 0) is 20.9 Å². The molecule has 5 heteroatoms. The van der Waals surface area contributed by atoms with E-state index in [0.717, 1.165) is 12.0 Å². The molecule has 1 aromatic carbocycles. The third-order valence-electron chi connectivity index (χ3n) is 4.56. The van der Waals surface area contributed by atoms with Gasteiger partial charge in [0.25, 0.3) is 0 Å². The number of rotatable bonds is 7. The fraction of sp³-hybridized carbons (Fsp3) is 0.579. The second kappa shape index (κ2) is 9.42. The first kappa shape index (κ1) is 18.5. The molecule has 1 unspecified atom stereocenters. The smallest absolute Gasteiger partial charge is 0.223 e. The van der Waals surface area contributed by atoms with Gasteiger partial charge in [0.15, 0.2) is 0 Å². The molecule has 1 heterocycles. The van der Waals surface area contributed by atoms with Gasteiger partial charge in [-0.2, -0.15) is 0 Å². The van der Waals surface area contributed by atoms with Crippen LogP contribution in [-0.4, -0.2) is 54.0 Å². The highest BCUT2D eigenvalue weighted by Gasteiger charge is 2.22. The molecule has 1 aromatic rings. The summed E-state index contributed by atoms with van der Waals surface area (Å²) in [5.41, 5.74) is 1.12. The Morgan fingerprint density at radius 3 is 2.46 bits per heavy atom. The van der Waals surface area contributed by atoms with Gasteiger partial charge in [0.1, 0.15) is 0 Å². The Bertz CT molecular complexity index is 527. The summed E-state index contributed by atoms with van der Waals surface area (Å²) >= 11 is 0. The van der Waals surface area contributed by atoms with E-state index in [4.69, 9.17) is 4.74 Å². The monoisotopic (exact) mass is 332 g/mol. The largest absolute Gasteiger partial charge is 0.378 e. The maximum absolute atomic E-state index is 12.7. The molecule has 0 bridgehead atoms. The molecule has 0 aromatic heterocycles. The predicted molar refractivity (Wildman–Crippen MR) is 93.4 cm³/mol. The Kier molecular flexibility index (Phi) is 7.25. The lowest BCUT2D eigenvalue weighted by Crippen LogP contribution is -2.42. The fourth-order valence-electron chi connectivity index (χ4n) is 2.82. The van der Waals surface area contributed by atoms with Gasteiger partial charge in [-0.3, -0.25) is 9.59 Å². The van der Waals surface area contributed by atoms with Gasteiger partial charge in [-0.1, -0.05) is 37.3 Å². The molecule has 5 nitrogen and oxygen atoms in total. The highest BCUT2D eigenvalue weighted by atomic mass is 16.5. The number of hydrogen-bond donors (Lipinski definition) is 0. The van der Waals surface area contributed by atoms with Gasteiger partial charge in [-0.05, 0) is 18.9 Å². The van der Waals surface area contributed by atoms with E-state index in [-0.39, 0.29) is 30.7 Å². The quantitative estimate of drug-likeness (QED) is 0.771. The van der Waals surface area contributed by atoms with Crippen molar-refractivity contribution in [2.24, 2.45) is 0 Å². The van der Waals surface area contributed by atoms with Gasteiger partial charge in [0.05, 0.1) is 13.2 Å². The van der Waals surface area contributed by atoms with Gasteiger partial charge in [0.2, 0.25) is 11.8 Å². The second-order valence-corrected chi connectivity index (χ2v) is 6.26. The lowest BCUT2D eigenvalue weighted by atomic mass is 10.1. The van der Waals surface area contributed by atoms with Crippen LogP contribution in [0.25, 0.3) is 0 Å². The summed E-state index contributed by atoms with van der Waals surface area (Å²) in [6, 6.07) is 10.2. The van der Waals surface area contributed by atoms with E-state index in [1.165, 1.54) is 0 Å². The van der Waals surface area contributed by atoms with Crippen LogP contribution < -0.4 is 0 Å². The van der Waals surface area contributed by atoms with Crippen LogP contribution in [0.3, 0.4) is 0 Å². The van der Waals surface area contributed by atoms with Crippen molar-refractivity contribution >= 4 is 11.8 Å². The first-order chi connectivity index (χ1) is 11.6. The zero-order valence-electron chi connectivity index (χ0n) is 14.7. The van der Waals surface area contributed by atoms with E-state index in [1.54, 1.807) is 4.90 Å². The van der Waals surface area contributed by atoms with Gasteiger partial charge >= 0.3 is 0 Å². The Labute approximate surface area is 144 Å². The Hall–Kier alpha value is -1.88. The standard InChI is InChI=1S/C19H28N2O3/c1-3-16(2)21(15-17-7-5-4-6-8-17)19(23)10-9-18(22)20-11-13-24-14-12-20/h4-8,16H,3,9-15H2,1-2H3. The van der Waals surface area contributed by atoms with Gasteiger partial charge in [-0.25, -0.2) is 0 Å². The third-order valence-corrected chi connectivity index (χ3v) is 4.56. The van der Waals surface area contributed by atoms with Gasteiger partial charge < -0.3 is 14.5 Å². The minimum atomic E-state index is 0.0508. The second-order valence-electron chi connectivity index (χ2n) is 6.26. The van der Waals surface area contributed by atoms with Gasteiger partial charge in [0, 0.05) is 38.5 Å². The molecule has 1 aliphatic heterocycles. The van der Waals surface area contributed by atoms with Crippen LogP contribution in [0.1, 0.15) is 38.7 Å². The summed E-state index contributed by atoms with van der Waals surface area (Å²) in [5.74, 6) is 0.102. The summed E-state index contributed by atoms with van der Waals surface area (Å²) in [6.45, 7) is 7.18. The number of benzene rings is 1. The van der Waals surface area contributed by atoms with E-state index in [0.29, 0.717) is 32.8 Å². The van der Waals surface area contributed by atoms with Crippen molar-refractivity contribution in [2.75, 3.05) is 26.3 Å². The Balaban J connectivity index is 1.91. The highest BCUT2D eigenvalue weighted by molar-refractivity contribution is 5.84. The molecule has 0 radical (unpaired) electrons. The minimum absolute atomic E-state index is 0.0508. The van der Waals surface area contributed by atoms with Gasteiger partial charge in [-0.15, -0.1) is 0 Å². The average Bonchev–Trinajstić information content (AvgIpc) is 2.64. The van der Waals surface area contributed by atoms with Crippen LogP contribution in [0.4, 0.5) is 0 Å². The molecule has 0 spiro atoms. The maximum Gasteiger partial charge on any atom is 0.223 e. The van der Waals surface area contributed by atoms with E-state index in [9.17, 15) is 9.59 Å². The molecule has 0 aliphatic carbocycles. The SMILES string of the molecule is CCC(C)N(Cc1ccccc1)C(=O)CCC(=O)N1CCOCC1. The zero-order chi connectivity index (χ0) is 17.4. The summed E-state index contributed by atoms with van der Waals surface area (Å²) in [5, 5.41) is 0. The summed E-state index contributed by atoms with van der Waals surface area (Å²) in [7, 11) is 0. The summed E-state index contributed by atoms with van der Waals surface area (Å²) < 4.78 is 5.26. The van der Waals surface area contributed by atoms with Crippen molar-refractivity contribution in [3.05, 3.63) is 35.9 Å². The first-order valence-electron chi connectivity index (χ1n) is 8.80. The molecule has 2 rings (SSSR count). The molecule has 2 amide bonds. The fourth-order valence-corrected chi connectivity index (χ4v) is 2.82. The number of morpholine rings is 1. The van der Waals surface area contributed by atoms with Crippen molar-refractivity contribution in [2.45, 2.75) is 45.7 Å². The minimum Gasteiger partial charge on any atom is -0.378 e. The lowest BCUT2D eigenvalue weighted by molar-refractivity contribution is -0.140. The number of amides is 2. The molecular weight excluding hydrogens is 304 g/mol. The van der Waals surface area contributed by atoms with E-state index in [2.05, 4.69) is 13.8 Å². The molecule has 0 N–H and O–H groups in total. The number of hydrogen-bond acceptors (Lipinski definition) is 3. The highest BCUT2D eigenvalue weighted by Crippen LogP contribution is 2.14. The van der Waals surface area contributed by atoms with Crippen molar-refractivity contribution in [3.8, 4) is 0 Å². The summed E-state index contributed by atoms with van der Waals surface area (Å²) in [6.07, 6.45) is 1.45. The zero-order valence-corrected chi connectivity index (χ0v) is 14.7. The normalized spacial score (nSPS) is 15.8. The van der Waals surface area contributed by atoms with Crippen molar-refractivity contribution in [1.29, 1.82) is 0 Å². The van der Waals surface area contributed by atoms with E-state index >= 15 is 0 Å². The first-order valence-corrected chi connectivity index (χ1v) is 8.80. The molecule has 24 heavy (non-hydrogen) atoms. The molecule has 1 aliphatic rings. The lowest BCUT2D eigenvalue weighted by Gasteiger charge is -2.30. The number of nitrogens with zero attached hydrogens (tertiary/aromatic N) is 2. The van der Waals surface area contributed by atoms with Crippen LogP contribution in [0.15, 0.2) is 30.3 Å². The van der Waals surface area contributed by atoms with Crippen LogP contribution in [0.5, 0.6) is 0 Å². The number of ether oxygens (including phenoxy) is 1. The van der Waals surface area contributed by atoms with Crippen LogP contribution in [0, 0.1) is 0 Å². The Morgan fingerprint density at radius 2 is 1.83 bits per heavy atom. The molecule has 0 saturated carbocycles. The molecule has 1 atom stereocenters. The average molecular weight is 332 g/mol. The van der Waals surface area contributed by atoms with Crippen LogP contribution in [0.2, 0.25) is 0 Å². The molecule has 1 fully saturated rings. The third kappa shape index (κ3) is 5.34. The molecular formula is C19H28N2O3. The van der Waals surface area contributed by atoms with Crippen molar-refractivity contribution in [1.82, 2.24) is 9.80 Å². The predicted octanol–water partition coefficient (Wildman–Crippen LogP) is 2.45. The van der Waals surface area contributed by atoms with Crippen LogP contribution >= 0.6 is 0 Å².